The quantitative estimate of drug-likeness (QED) is 0.167. The smallest absolute Gasteiger partial charge is 0.433 e. The van der Waals surface area contributed by atoms with Gasteiger partial charge in [-0.25, -0.2) is 15.0 Å². The van der Waals surface area contributed by atoms with Crippen molar-refractivity contribution < 1.29 is 23.0 Å². The number of hydrogen-bond donors (Lipinski definition) is 3. The van der Waals surface area contributed by atoms with Crippen molar-refractivity contribution in [3.8, 4) is 23.2 Å². The molecule has 47 heavy (non-hydrogen) atoms. The lowest BCUT2D eigenvalue weighted by molar-refractivity contribution is -0.141. The standard InChI is InChI=1S/C33H40F3N9O2/c34-33(35,36)28-13-23(18-44-12-2-4-25(44)20-46)14-29(43-28)47-26(6-9-37)5-1-3-22-15-32(16-22,8-10-38)45-19-24(17-42-45)30-27-7-11-39-31(27)41-21-40-30/h7,11,13-14,17,19,21-22,25-26,46H,1-6,8-9,12,15-16,18,20,37H2,(H,39,40,41)/t22?,25-,26?,32?/m0/s1. The van der Waals surface area contributed by atoms with Crippen LogP contribution in [0, 0.1) is 17.2 Å². The number of aliphatic hydroxyl groups excluding tert-OH is 1. The van der Waals surface area contributed by atoms with Crippen molar-refractivity contribution in [2.45, 2.75) is 88.2 Å². The van der Waals surface area contributed by atoms with Crippen LogP contribution in [0.4, 0.5) is 13.2 Å². The number of likely N-dealkylation sites (tertiary alicyclic amines) is 1. The molecule has 1 saturated carbocycles. The third kappa shape index (κ3) is 7.27. The zero-order valence-corrected chi connectivity index (χ0v) is 26.2. The molecule has 14 heteroatoms. The lowest BCUT2D eigenvalue weighted by Gasteiger charge is -2.47. The summed E-state index contributed by atoms with van der Waals surface area (Å²) in [5.74, 6) is 0.322. The van der Waals surface area contributed by atoms with Gasteiger partial charge in [0.1, 0.15) is 23.8 Å². The summed E-state index contributed by atoms with van der Waals surface area (Å²) in [4.78, 5) is 17.6. The summed E-state index contributed by atoms with van der Waals surface area (Å²) in [7, 11) is 0. The summed E-state index contributed by atoms with van der Waals surface area (Å²) in [6, 6.07) is 6.86. The highest BCUT2D eigenvalue weighted by Gasteiger charge is 2.46. The Labute approximate surface area is 271 Å². The molecule has 4 aromatic heterocycles. The van der Waals surface area contributed by atoms with E-state index in [4.69, 9.17) is 10.5 Å². The van der Waals surface area contributed by atoms with Gasteiger partial charge in [-0.2, -0.15) is 23.5 Å². The van der Waals surface area contributed by atoms with E-state index in [-0.39, 0.29) is 31.2 Å². The van der Waals surface area contributed by atoms with Gasteiger partial charge in [-0.15, -0.1) is 0 Å². The number of nitrogens with one attached hydrogen (secondary N) is 1. The first-order valence-corrected chi connectivity index (χ1v) is 16.2. The number of ether oxygens (including phenoxy) is 1. The number of pyridine rings is 1. The minimum absolute atomic E-state index is 0.0266. The van der Waals surface area contributed by atoms with Gasteiger partial charge in [0.15, 0.2) is 0 Å². The number of halogens is 3. The molecule has 2 fully saturated rings. The molecule has 1 unspecified atom stereocenters. The maximum absolute atomic E-state index is 13.8. The van der Waals surface area contributed by atoms with Crippen molar-refractivity contribution in [2.75, 3.05) is 19.7 Å². The van der Waals surface area contributed by atoms with Gasteiger partial charge in [0, 0.05) is 42.0 Å². The van der Waals surface area contributed by atoms with Crippen molar-refractivity contribution in [1.29, 1.82) is 5.26 Å². The number of H-pyrrole nitrogens is 1. The zero-order valence-electron chi connectivity index (χ0n) is 26.2. The number of hydrogen-bond acceptors (Lipinski definition) is 9. The highest BCUT2D eigenvalue weighted by molar-refractivity contribution is 5.90. The first-order chi connectivity index (χ1) is 22.7. The van der Waals surface area contributed by atoms with Crippen LogP contribution in [-0.4, -0.2) is 71.6 Å². The molecule has 2 atom stereocenters. The van der Waals surface area contributed by atoms with Crippen molar-refractivity contribution in [1.82, 2.24) is 34.6 Å². The maximum atomic E-state index is 13.8. The second-order valence-electron chi connectivity index (χ2n) is 12.9. The van der Waals surface area contributed by atoms with E-state index in [2.05, 4.69) is 31.1 Å². The Morgan fingerprint density at radius 3 is 2.85 bits per heavy atom. The highest BCUT2D eigenvalue weighted by Crippen LogP contribution is 2.48. The molecule has 2 aliphatic rings. The van der Waals surface area contributed by atoms with Crippen LogP contribution < -0.4 is 10.5 Å². The van der Waals surface area contributed by atoms with Gasteiger partial charge >= 0.3 is 6.18 Å². The summed E-state index contributed by atoms with van der Waals surface area (Å²) in [5, 5.41) is 24.9. The fourth-order valence-corrected chi connectivity index (χ4v) is 7.24. The van der Waals surface area contributed by atoms with Crippen LogP contribution in [0.3, 0.4) is 0 Å². The number of nitriles is 1. The monoisotopic (exact) mass is 651 g/mol. The van der Waals surface area contributed by atoms with Gasteiger partial charge in [0.2, 0.25) is 5.88 Å². The normalized spacial score (nSPS) is 22.3. The summed E-state index contributed by atoms with van der Waals surface area (Å²) in [5.41, 5.74) is 7.33. The average Bonchev–Trinajstić information content (AvgIpc) is 3.80. The predicted molar refractivity (Wildman–Crippen MR) is 168 cm³/mol. The number of aromatic nitrogens is 6. The van der Waals surface area contributed by atoms with E-state index in [0.717, 1.165) is 73.4 Å². The summed E-state index contributed by atoms with van der Waals surface area (Å²) in [6.07, 6.45) is 8.53. The first kappa shape index (κ1) is 32.9. The third-order valence-electron chi connectivity index (χ3n) is 9.60. The topological polar surface area (TPSA) is 155 Å². The van der Waals surface area contributed by atoms with Crippen molar-refractivity contribution >= 4 is 11.0 Å². The Bertz CT molecular complexity index is 1690. The van der Waals surface area contributed by atoms with Crippen molar-refractivity contribution in [2.24, 2.45) is 11.7 Å². The molecule has 0 bridgehead atoms. The highest BCUT2D eigenvalue weighted by atomic mass is 19.4. The van der Waals surface area contributed by atoms with Crippen molar-refractivity contribution in [3.63, 3.8) is 0 Å². The molecular weight excluding hydrogens is 611 g/mol. The van der Waals surface area contributed by atoms with E-state index >= 15 is 0 Å². The number of aromatic amines is 1. The van der Waals surface area contributed by atoms with E-state index in [1.165, 1.54) is 6.33 Å². The fourth-order valence-electron chi connectivity index (χ4n) is 7.24. The summed E-state index contributed by atoms with van der Waals surface area (Å²) < 4.78 is 49.3. The van der Waals surface area contributed by atoms with Crippen LogP contribution in [-0.2, 0) is 18.3 Å². The Balaban J connectivity index is 1.07. The molecule has 11 nitrogen and oxygen atoms in total. The van der Waals surface area contributed by atoms with Gasteiger partial charge in [-0.3, -0.25) is 9.58 Å². The number of alkyl halides is 3. The van der Waals surface area contributed by atoms with E-state index in [1.54, 1.807) is 12.3 Å². The van der Waals surface area contributed by atoms with Gasteiger partial charge in [-0.1, -0.05) is 6.42 Å². The minimum Gasteiger partial charge on any atom is -0.474 e. The van der Waals surface area contributed by atoms with Crippen molar-refractivity contribution in [3.05, 3.63) is 54.4 Å². The van der Waals surface area contributed by atoms with Gasteiger partial charge in [-0.05, 0) is 81.6 Å². The molecular formula is C33H40F3N9O2. The van der Waals surface area contributed by atoms with Crippen LogP contribution in [0.15, 0.2) is 43.1 Å². The molecule has 1 saturated heterocycles. The minimum atomic E-state index is -4.61. The molecule has 4 aromatic rings. The largest absolute Gasteiger partial charge is 0.474 e. The van der Waals surface area contributed by atoms with Gasteiger partial charge < -0.3 is 20.6 Å². The summed E-state index contributed by atoms with van der Waals surface area (Å²) >= 11 is 0. The number of rotatable bonds is 14. The molecule has 5 heterocycles. The Hall–Kier alpha value is -4.06. The van der Waals surface area contributed by atoms with Crippen LogP contribution in [0.25, 0.3) is 22.3 Å². The van der Waals surface area contributed by atoms with Crippen LogP contribution in [0.5, 0.6) is 5.88 Å². The zero-order chi connectivity index (χ0) is 33.0. The van der Waals surface area contributed by atoms with E-state index in [9.17, 15) is 23.5 Å². The molecule has 0 spiro atoms. The van der Waals surface area contributed by atoms with Crippen LogP contribution >= 0.6 is 0 Å². The Kier molecular flexibility index (Phi) is 9.77. The van der Waals surface area contributed by atoms with E-state index < -0.39 is 17.4 Å². The molecule has 0 aromatic carbocycles. The summed E-state index contributed by atoms with van der Waals surface area (Å²) in [6.45, 7) is 1.31. The van der Waals surface area contributed by atoms with Gasteiger partial charge in [0.25, 0.3) is 0 Å². The maximum Gasteiger partial charge on any atom is 0.433 e. The van der Waals surface area contributed by atoms with Crippen LogP contribution in [0.2, 0.25) is 0 Å². The van der Waals surface area contributed by atoms with Gasteiger partial charge in [0.05, 0.1) is 36.5 Å². The number of fused-ring (bicyclic) bond motifs is 1. The number of aliphatic hydroxyl groups is 1. The molecule has 250 valence electrons. The molecule has 1 aliphatic carbocycles. The molecule has 0 radical (unpaired) electrons. The third-order valence-corrected chi connectivity index (χ3v) is 9.60. The first-order valence-electron chi connectivity index (χ1n) is 16.2. The second kappa shape index (κ2) is 14.0. The van der Waals surface area contributed by atoms with Crippen LogP contribution in [0.1, 0.15) is 69.0 Å². The molecule has 4 N–H and O–H groups in total. The number of nitrogens with zero attached hydrogens (tertiary/aromatic N) is 7. The van der Waals surface area contributed by atoms with E-state index in [0.29, 0.717) is 37.3 Å². The SMILES string of the molecule is N#CCC1(n2cc(-c3ncnc4[nH]ccc34)cn2)CC(CCCC(CCN)Oc2cc(CN3CCC[C@H]3CO)cc(C(F)(F)F)n2)C1. The lowest BCUT2D eigenvalue weighted by Crippen LogP contribution is -2.46. The lowest BCUT2D eigenvalue weighted by atomic mass is 9.65. The molecule has 6 rings (SSSR count). The van der Waals surface area contributed by atoms with E-state index in [1.807, 2.05) is 28.0 Å². The average molecular weight is 652 g/mol. The molecule has 0 amide bonds. The Morgan fingerprint density at radius 1 is 1.23 bits per heavy atom. The predicted octanol–water partition coefficient (Wildman–Crippen LogP) is 5.18. The Morgan fingerprint density at radius 2 is 2.09 bits per heavy atom. The fraction of sp³-hybridized carbons (Fsp3) is 0.545. The molecule has 1 aliphatic heterocycles. The number of nitrogens with two attached hydrogens (primary N) is 1. The second-order valence-corrected chi connectivity index (χ2v) is 12.9.